The van der Waals surface area contributed by atoms with Gasteiger partial charge in [0.15, 0.2) is 0 Å². The third-order valence-corrected chi connectivity index (χ3v) is 6.71. The number of nitrogens with zero attached hydrogens (tertiary/aromatic N) is 2. The van der Waals surface area contributed by atoms with Gasteiger partial charge in [0.1, 0.15) is 0 Å². The van der Waals surface area contributed by atoms with Gasteiger partial charge in [-0.1, -0.05) is 95.1 Å². The SMILES string of the molecule is Cc1cncn1Cc1ccc(Br)cc1.[B]CCC=CCC(c1ccccc1C)c1ccccc1C. The van der Waals surface area contributed by atoms with Gasteiger partial charge < -0.3 is 4.57 Å². The fourth-order valence-corrected chi connectivity index (χ4v) is 4.43. The zero-order chi connectivity index (χ0) is 25.0. The number of halogens is 1. The van der Waals surface area contributed by atoms with Gasteiger partial charge in [0.2, 0.25) is 0 Å². The molecule has 1 aromatic heterocycles. The van der Waals surface area contributed by atoms with Crippen molar-refractivity contribution in [3.63, 3.8) is 0 Å². The molecule has 0 amide bonds. The van der Waals surface area contributed by atoms with Gasteiger partial charge in [-0.2, -0.15) is 0 Å². The molecule has 0 saturated heterocycles. The van der Waals surface area contributed by atoms with Crippen molar-refractivity contribution in [2.24, 2.45) is 0 Å². The molecule has 0 spiro atoms. The van der Waals surface area contributed by atoms with Crippen molar-refractivity contribution in [3.05, 3.63) is 135 Å². The summed E-state index contributed by atoms with van der Waals surface area (Å²) in [7, 11) is 5.56. The van der Waals surface area contributed by atoms with E-state index in [-0.39, 0.29) is 0 Å². The number of aryl methyl sites for hydroxylation is 3. The summed E-state index contributed by atoms with van der Waals surface area (Å²) in [5.41, 5.74) is 8.03. The average molecular weight is 525 g/mol. The molecule has 0 fully saturated rings. The van der Waals surface area contributed by atoms with Gasteiger partial charge in [-0.05, 0) is 73.6 Å². The lowest BCUT2D eigenvalue weighted by Gasteiger charge is -2.20. The average Bonchev–Trinajstić information content (AvgIpc) is 3.27. The first-order valence-corrected chi connectivity index (χ1v) is 13.0. The Labute approximate surface area is 220 Å². The Hall–Kier alpha value is -2.85. The van der Waals surface area contributed by atoms with Crippen molar-refractivity contribution >= 4 is 23.8 Å². The van der Waals surface area contributed by atoms with Gasteiger partial charge in [0, 0.05) is 28.8 Å². The summed E-state index contributed by atoms with van der Waals surface area (Å²) in [5, 5.41) is 0. The maximum atomic E-state index is 5.56. The predicted octanol–water partition coefficient (Wildman–Crippen LogP) is 8.36. The van der Waals surface area contributed by atoms with Crippen molar-refractivity contribution in [2.45, 2.75) is 52.4 Å². The molecule has 4 rings (SSSR count). The Kier molecular flexibility index (Phi) is 10.6. The molecule has 2 radical (unpaired) electrons. The van der Waals surface area contributed by atoms with Gasteiger partial charge in [-0.25, -0.2) is 4.98 Å². The molecule has 0 unspecified atom stereocenters. The number of allylic oxidation sites excluding steroid dienone is 2. The van der Waals surface area contributed by atoms with Crippen molar-refractivity contribution < 1.29 is 0 Å². The molecular formula is C31H34BBrN2. The Morgan fingerprint density at radius 1 is 0.857 bits per heavy atom. The Morgan fingerprint density at radius 2 is 1.46 bits per heavy atom. The van der Waals surface area contributed by atoms with Crippen LogP contribution in [0.4, 0.5) is 0 Å². The first-order valence-electron chi connectivity index (χ1n) is 12.2. The van der Waals surface area contributed by atoms with Crippen LogP contribution in [0.2, 0.25) is 6.32 Å². The minimum atomic E-state index is 0.418. The minimum Gasteiger partial charge on any atom is -0.330 e. The van der Waals surface area contributed by atoms with Crippen LogP contribution in [0.3, 0.4) is 0 Å². The summed E-state index contributed by atoms with van der Waals surface area (Å²) < 4.78 is 3.24. The van der Waals surface area contributed by atoms with Gasteiger partial charge in [0.25, 0.3) is 0 Å². The van der Waals surface area contributed by atoms with Crippen LogP contribution >= 0.6 is 15.9 Å². The van der Waals surface area contributed by atoms with E-state index in [9.17, 15) is 0 Å². The van der Waals surface area contributed by atoms with Crippen LogP contribution in [0.25, 0.3) is 0 Å². The van der Waals surface area contributed by atoms with Crippen LogP contribution in [-0.2, 0) is 6.54 Å². The second kappa shape index (κ2) is 13.9. The number of aromatic nitrogens is 2. The van der Waals surface area contributed by atoms with Crippen LogP contribution < -0.4 is 0 Å². The number of hydrogen-bond acceptors (Lipinski definition) is 1. The van der Waals surface area contributed by atoms with E-state index in [2.05, 4.69) is 131 Å². The monoisotopic (exact) mass is 524 g/mol. The van der Waals surface area contributed by atoms with Crippen LogP contribution in [-0.4, -0.2) is 17.4 Å². The highest BCUT2D eigenvalue weighted by Gasteiger charge is 2.16. The molecule has 0 aliphatic heterocycles. The topological polar surface area (TPSA) is 17.8 Å². The highest BCUT2D eigenvalue weighted by Crippen LogP contribution is 2.32. The number of benzene rings is 3. The zero-order valence-corrected chi connectivity index (χ0v) is 22.6. The predicted molar refractivity (Wildman–Crippen MR) is 153 cm³/mol. The normalized spacial score (nSPS) is 11.0. The summed E-state index contributed by atoms with van der Waals surface area (Å²) in [4.78, 5) is 4.09. The lowest BCUT2D eigenvalue weighted by atomic mass is 9.84. The third kappa shape index (κ3) is 8.11. The molecule has 35 heavy (non-hydrogen) atoms. The highest BCUT2D eigenvalue weighted by atomic mass is 79.9. The summed E-state index contributed by atoms with van der Waals surface area (Å²) in [6.45, 7) is 7.35. The molecule has 0 atom stereocenters. The summed E-state index contributed by atoms with van der Waals surface area (Å²) in [5.74, 6) is 0.418. The van der Waals surface area contributed by atoms with E-state index in [1.165, 1.54) is 33.5 Å². The van der Waals surface area contributed by atoms with Gasteiger partial charge in [-0.3, -0.25) is 0 Å². The van der Waals surface area contributed by atoms with Crippen molar-refractivity contribution in [3.8, 4) is 0 Å². The lowest BCUT2D eigenvalue weighted by Crippen LogP contribution is -2.04. The summed E-state index contributed by atoms with van der Waals surface area (Å²) in [6.07, 6.45) is 10.9. The molecule has 0 saturated carbocycles. The third-order valence-electron chi connectivity index (χ3n) is 6.19. The zero-order valence-electron chi connectivity index (χ0n) is 21.0. The van der Waals surface area contributed by atoms with E-state index in [1.807, 2.05) is 12.5 Å². The summed E-state index contributed by atoms with van der Waals surface area (Å²) >= 11 is 3.42. The van der Waals surface area contributed by atoms with E-state index in [1.54, 1.807) is 0 Å². The van der Waals surface area contributed by atoms with E-state index in [0.29, 0.717) is 5.92 Å². The lowest BCUT2D eigenvalue weighted by molar-refractivity contribution is 0.770. The molecule has 2 nitrogen and oxygen atoms in total. The molecule has 4 heteroatoms. The molecule has 0 aliphatic rings. The van der Waals surface area contributed by atoms with Gasteiger partial charge >= 0.3 is 0 Å². The van der Waals surface area contributed by atoms with E-state index in [4.69, 9.17) is 7.85 Å². The molecule has 4 aromatic rings. The van der Waals surface area contributed by atoms with Crippen molar-refractivity contribution in [1.82, 2.24) is 9.55 Å². The quantitative estimate of drug-likeness (QED) is 0.167. The van der Waals surface area contributed by atoms with Gasteiger partial charge in [0.05, 0.1) is 14.2 Å². The van der Waals surface area contributed by atoms with E-state index < -0.39 is 0 Å². The fraction of sp³-hybridized carbons (Fsp3) is 0.258. The van der Waals surface area contributed by atoms with E-state index in [0.717, 1.165) is 30.2 Å². The second-order valence-corrected chi connectivity index (χ2v) is 9.76. The number of hydrogen-bond donors (Lipinski definition) is 0. The summed E-state index contributed by atoms with van der Waals surface area (Å²) in [6, 6.07) is 25.7. The number of imidazole rings is 1. The molecule has 0 N–H and O–H groups in total. The molecular weight excluding hydrogens is 491 g/mol. The van der Waals surface area contributed by atoms with Crippen molar-refractivity contribution in [2.75, 3.05) is 0 Å². The molecule has 0 bridgehead atoms. The van der Waals surface area contributed by atoms with Crippen LogP contribution in [0.15, 0.2) is 102 Å². The van der Waals surface area contributed by atoms with Crippen LogP contribution in [0.5, 0.6) is 0 Å². The van der Waals surface area contributed by atoms with E-state index >= 15 is 0 Å². The Morgan fingerprint density at radius 3 is 1.97 bits per heavy atom. The standard InChI is InChI=1S/C20H23B.C11H11BrN2/c1-16-10-5-7-12-18(16)20(14-4-3-9-15-21)19-13-8-6-11-17(19)2;1-9-6-13-8-14(9)7-10-2-4-11(12)5-3-10/h3-8,10-13,20H,9,14-15H2,1-2H3;2-6,8H,7H2,1H3. The Balaban J connectivity index is 0.000000211. The minimum absolute atomic E-state index is 0.418. The smallest absolute Gasteiger partial charge is 0.0951 e. The Bertz CT molecular complexity index is 1170. The maximum Gasteiger partial charge on any atom is 0.0951 e. The maximum absolute atomic E-state index is 5.56. The molecule has 0 aliphatic carbocycles. The molecule has 178 valence electrons. The van der Waals surface area contributed by atoms with Crippen molar-refractivity contribution in [1.29, 1.82) is 0 Å². The number of rotatable bonds is 8. The highest BCUT2D eigenvalue weighted by molar-refractivity contribution is 9.10. The van der Waals surface area contributed by atoms with Crippen LogP contribution in [0, 0.1) is 20.8 Å². The first-order chi connectivity index (χ1) is 17.0. The van der Waals surface area contributed by atoms with Gasteiger partial charge in [-0.15, -0.1) is 0 Å². The first kappa shape index (κ1) is 26.8. The molecule has 1 heterocycles. The van der Waals surface area contributed by atoms with Crippen LogP contribution in [0.1, 0.15) is 52.3 Å². The molecule has 3 aromatic carbocycles. The largest absolute Gasteiger partial charge is 0.330 e. The second-order valence-electron chi connectivity index (χ2n) is 8.84. The fourth-order valence-electron chi connectivity index (χ4n) is 4.16.